The van der Waals surface area contributed by atoms with Crippen molar-refractivity contribution in [1.82, 2.24) is 4.98 Å². The van der Waals surface area contributed by atoms with Crippen LogP contribution in [0.4, 0.5) is 0 Å². The van der Waals surface area contributed by atoms with E-state index in [0.29, 0.717) is 30.8 Å². The lowest BCUT2D eigenvalue weighted by atomic mass is 9.46. The van der Waals surface area contributed by atoms with Crippen molar-refractivity contribution in [1.29, 1.82) is 0 Å². The molecule has 4 nitrogen and oxygen atoms in total. The van der Waals surface area contributed by atoms with Crippen molar-refractivity contribution < 1.29 is 14.3 Å². The van der Waals surface area contributed by atoms with Gasteiger partial charge in [-0.2, -0.15) is 0 Å². The van der Waals surface area contributed by atoms with Gasteiger partial charge in [0.1, 0.15) is 5.75 Å². The van der Waals surface area contributed by atoms with Gasteiger partial charge in [-0.3, -0.25) is 9.78 Å². The van der Waals surface area contributed by atoms with Gasteiger partial charge < -0.3 is 9.47 Å². The molecule has 1 aliphatic heterocycles. The predicted octanol–water partition coefficient (Wildman–Crippen LogP) is 6.06. The van der Waals surface area contributed by atoms with E-state index < -0.39 is 0 Å². The largest absolute Gasteiger partial charge is 0.492 e. The highest BCUT2D eigenvalue weighted by Gasteiger charge is 2.58. The Kier molecular flexibility index (Phi) is 5.38. The van der Waals surface area contributed by atoms with Gasteiger partial charge in [-0.15, -0.1) is 0 Å². The molecule has 5 rings (SSSR count). The van der Waals surface area contributed by atoms with Crippen LogP contribution in [0, 0.1) is 34.5 Å². The molecule has 0 spiro atoms. The minimum absolute atomic E-state index is 0.00955. The molecule has 0 bridgehead atoms. The summed E-state index contributed by atoms with van der Waals surface area (Å²) in [6.07, 6.45) is 15.1. The minimum atomic E-state index is 0.00955. The monoisotopic (exact) mass is 423 g/mol. The highest BCUT2D eigenvalue weighted by atomic mass is 16.5. The summed E-state index contributed by atoms with van der Waals surface area (Å²) in [5.74, 6) is 3.58. The van der Waals surface area contributed by atoms with Crippen molar-refractivity contribution in [2.75, 3.05) is 13.2 Å². The molecule has 6 unspecified atom stereocenters. The van der Waals surface area contributed by atoms with Gasteiger partial charge in [-0.25, -0.2) is 0 Å². The summed E-state index contributed by atoms with van der Waals surface area (Å²) < 4.78 is 11.4. The quantitative estimate of drug-likeness (QED) is 0.552. The van der Waals surface area contributed by atoms with Crippen molar-refractivity contribution in [3.8, 4) is 5.75 Å². The third-order valence-electron chi connectivity index (χ3n) is 9.46. The Bertz CT molecular complexity index is 879. The number of nitrogens with zero attached hydrogens (tertiary/aromatic N) is 1. The van der Waals surface area contributed by atoms with E-state index in [-0.39, 0.29) is 16.8 Å². The number of hydrogen-bond donors (Lipinski definition) is 0. The molecule has 1 aromatic rings. The molecule has 4 aliphatic rings. The number of pyridine rings is 1. The molecule has 1 aromatic heterocycles. The molecule has 6 atom stereocenters. The first-order valence-corrected chi connectivity index (χ1v) is 12.4. The summed E-state index contributed by atoms with van der Waals surface area (Å²) in [6, 6.07) is 2.20. The normalized spacial score (nSPS) is 39.5. The second kappa shape index (κ2) is 7.94. The summed E-state index contributed by atoms with van der Waals surface area (Å²) in [7, 11) is 0. The summed E-state index contributed by atoms with van der Waals surface area (Å²) >= 11 is 0. The molecule has 168 valence electrons. The molecule has 1 saturated heterocycles. The summed E-state index contributed by atoms with van der Waals surface area (Å²) in [5, 5.41) is 0. The van der Waals surface area contributed by atoms with Gasteiger partial charge in [0.2, 0.25) is 0 Å². The van der Waals surface area contributed by atoms with E-state index in [1.807, 2.05) is 12.4 Å². The SMILES string of the molecule is CCCOc1cncc(C2=CCC3C4CCC5COC(=O)CCC5(C)C4CCC23C)c1. The average molecular weight is 424 g/mol. The molecule has 3 aliphatic carbocycles. The number of hydrogen-bond acceptors (Lipinski definition) is 4. The molecule has 4 heteroatoms. The third-order valence-corrected chi connectivity index (χ3v) is 9.46. The summed E-state index contributed by atoms with van der Waals surface area (Å²) in [4.78, 5) is 16.5. The number of allylic oxidation sites excluding steroid dienone is 2. The number of aromatic nitrogens is 1. The van der Waals surface area contributed by atoms with Crippen LogP contribution in [0.2, 0.25) is 0 Å². The second-order valence-corrected chi connectivity index (χ2v) is 10.9. The van der Waals surface area contributed by atoms with E-state index in [1.54, 1.807) is 0 Å². The van der Waals surface area contributed by atoms with Gasteiger partial charge in [-0.05, 0) is 96.7 Å². The van der Waals surface area contributed by atoms with Crippen LogP contribution in [-0.4, -0.2) is 24.2 Å². The minimum Gasteiger partial charge on any atom is -0.492 e. The zero-order chi connectivity index (χ0) is 21.6. The number of esters is 1. The standard InChI is InChI=1S/C27H37NO3/c1-4-13-30-20-14-18(15-28-16-20)22-7-8-23-21-6-5-19-17-31-25(29)10-12-26(19,2)24(21)9-11-27(22,23)3/h7,14-16,19,21,23-24H,4-6,8-13,17H2,1-3H3. The Morgan fingerprint density at radius 2 is 2.03 bits per heavy atom. The Morgan fingerprint density at radius 3 is 2.87 bits per heavy atom. The molecule has 0 N–H and O–H groups in total. The van der Waals surface area contributed by atoms with Gasteiger partial charge in [0.25, 0.3) is 0 Å². The molecular formula is C27H37NO3. The fourth-order valence-electron chi connectivity index (χ4n) is 7.72. The lowest BCUT2D eigenvalue weighted by molar-refractivity contribution is -0.144. The zero-order valence-corrected chi connectivity index (χ0v) is 19.4. The molecule has 0 amide bonds. The molecule has 3 fully saturated rings. The molecule has 0 aromatic carbocycles. The fourth-order valence-corrected chi connectivity index (χ4v) is 7.72. The number of fused-ring (bicyclic) bond motifs is 5. The van der Waals surface area contributed by atoms with Crippen LogP contribution >= 0.6 is 0 Å². The highest BCUT2D eigenvalue weighted by molar-refractivity contribution is 5.73. The number of carbonyl (C=O) groups excluding carboxylic acids is 1. The topological polar surface area (TPSA) is 48.4 Å². The molecular weight excluding hydrogens is 386 g/mol. The molecule has 2 heterocycles. The van der Waals surface area contributed by atoms with E-state index in [1.165, 1.54) is 43.2 Å². The van der Waals surface area contributed by atoms with Gasteiger partial charge in [0.05, 0.1) is 19.4 Å². The van der Waals surface area contributed by atoms with Crippen molar-refractivity contribution >= 4 is 11.5 Å². The maximum atomic E-state index is 12.0. The Balaban J connectivity index is 1.40. The maximum Gasteiger partial charge on any atom is 0.305 e. The Hall–Kier alpha value is -1.84. The van der Waals surface area contributed by atoms with Gasteiger partial charge in [0.15, 0.2) is 0 Å². The van der Waals surface area contributed by atoms with Crippen LogP contribution in [0.1, 0.15) is 77.7 Å². The van der Waals surface area contributed by atoms with E-state index >= 15 is 0 Å². The Labute approximate surface area is 186 Å². The van der Waals surface area contributed by atoms with Crippen LogP contribution < -0.4 is 4.74 Å². The van der Waals surface area contributed by atoms with Crippen LogP contribution in [-0.2, 0) is 9.53 Å². The van der Waals surface area contributed by atoms with Gasteiger partial charge in [-0.1, -0.05) is 26.8 Å². The van der Waals surface area contributed by atoms with E-state index in [4.69, 9.17) is 9.47 Å². The van der Waals surface area contributed by atoms with Crippen LogP contribution in [0.15, 0.2) is 24.5 Å². The third kappa shape index (κ3) is 3.41. The molecule has 31 heavy (non-hydrogen) atoms. The van der Waals surface area contributed by atoms with Crippen molar-refractivity contribution in [2.45, 2.75) is 72.1 Å². The summed E-state index contributed by atoms with van der Waals surface area (Å²) in [6.45, 7) is 8.48. The van der Waals surface area contributed by atoms with Crippen LogP contribution in [0.5, 0.6) is 5.75 Å². The van der Waals surface area contributed by atoms with E-state index in [0.717, 1.165) is 31.1 Å². The van der Waals surface area contributed by atoms with E-state index in [9.17, 15) is 4.79 Å². The number of carbonyl (C=O) groups is 1. The van der Waals surface area contributed by atoms with Crippen molar-refractivity contribution in [2.24, 2.45) is 34.5 Å². The summed E-state index contributed by atoms with van der Waals surface area (Å²) in [5.41, 5.74) is 3.18. The van der Waals surface area contributed by atoms with Gasteiger partial charge >= 0.3 is 5.97 Å². The first kappa shape index (κ1) is 21.0. The first-order chi connectivity index (χ1) is 15.0. The zero-order valence-electron chi connectivity index (χ0n) is 19.4. The first-order valence-electron chi connectivity index (χ1n) is 12.4. The van der Waals surface area contributed by atoms with Crippen LogP contribution in [0.3, 0.4) is 0 Å². The van der Waals surface area contributed by atoms with Crippen molar-refractivity contribution in [3.63, 3.8) is 0 Å². The second-order valence-electron chi connectivity index (χ2n) is 10.9. The number of rotatable bonds is 4. The maximum absolute atomic E-state index is 12.0. The van der Waals surface area contributed by atoms with Crippen LogP contribution in [0.25, 0.3) is 5.57 Å². The number of cyclic esters (lactones) is 1. The van der Waals surface area contributed by atoms with Crippen molar-refractivity contribution in [3.05, 3.63) is 30.1 Å². The number of ether oxygens (including phenoxy) is 2. The average Bonchev–Trinajstić information content (AvgIpc) is 3.05. The van der Waals surface area contributed by atoms with E-state index in [2.05, 4.69) is 37.9 Å². The molecule has 2 saturated carbocycles. The van der Waals surface area contributed by atoms with Gasteiger partial charge in [0, 0.05) is 12.6 Å². The molecule has 0 radical (unpaired) electrons. The predicted molar refractivity (Wildman–Crippen MR) is 121 cm³/mol. The fraction of sp³-hybridized carbons (Fsp3) is 0.704. The lowest BCUT2D eigenvalue weighted by Gasteiger charge is -2.58. The lowest BCUT2D eigenvalue weighted by Crippen LogP contribution is -2.51. The smallest absolute Gasteiger partial charge is 0.305 e. The highest BCUT2D eigenvalue weighted by Crippen LogP contribution is 2.66. The Morgan fingerprint density at radius 1 is 1.16 bits per heavy atom.